The lowest BCUT2D eigenvalue weighted by atomic mass is 9.93. The Morgan fingerprint density at radius 1 is 1.12 bits per heavy atom. The van der Waals surface area contributed by atoms with Crippen LogP contribution in [0.2, 0.25) is 0 Å². The fourth-order valence-corrected chi connectivity index (χ4v) is 7.30. The van der Waals surface area contributed by atoms with Crippen molar-refractivity contribution in [3.63, 3.8) is 0 Å². The van der Waals surface area contributed by atoms with Gasteiger partial charge in [-0.2, -0.15) is 0 Å². The van der Waals surface area contributed by atoms with Crippen molar-refractivity contribution in [2.24, 2.45) is 5.92 Å². The summed E-state index contributed by atoms with van der Waals surface area (Å²) in [5.74, 6) is 0.618. The second-order valence-corrected chi connectivity index (χ2v) is 13.5. The third-order valence-electron chi connectivity index (χ3n) is 10.0. The number of aliphatic carboxylic acids is 1. The second-order valence-electron chi connectivity index (χ2n) is 13.5. The van der Waals surface area contributed by atoms with Crippen molar-refractivity contribution in [1.29, 1.82) is 0 Å². The third-order valence-corrected chi connectivity index (χ3v) is 10.0. The molecule has 2 heterocycles. The van der Waals surface area contributed by atoms with Crippen molar-refractivity contribution in [2.75, 3.05) is 33.4 Å². The Morgan fingerprint density at radius 2 is 1.92 bits per heavy atom. The van der Waals surface area contributed by atoms with Crippen LogP contribution >= 0.6 is 0 Å². The van der Waals surface area contributed by atoms with E-state index in [4.69, 9.17) is 14.2 Å². The second kappa shape index (κ2) is 17.7. The van der Waals surface area contributed by atoms with Gasteiger partial charge in [0.25, 0.3) is 0 Å². The molecule has 2 aromatic carbocycles. The Balaban J connectivity index is 1.51. The van der Waals surface area contributed by atoms with Crippen LogP contribution in [0.4, 0.5) is 0 Å². The normalized spacial score (nSPS) is 19.2. The zero-order valence-corrected chi connectivity index (χ0v) is 30.6. The minimum atomic E-state index is -0.774. The molecule has 0 radical (unpaired) electrons. The van der Waals surface area contributed by atoms with Crippen molar-refractivity contribution >= 4 is 11.5 Å². The van der Waals surface area contributed by atoms with E-state index in [-0.39, 0.29) is 6.10 Å². The number of hydrogen-bond donors (Lipinski definition) is 1. The molecule has 3 unspecified atom stereocenters. The summed E-state index contributed by atoms with van der Waals surface area (Å²) in [5, 5.41) is 9.64. The van der Waals surface area contributed by atoms with Gasteiger partial charge in [0.2, 0.25) is 0 Å². The number of nitrogens with zero attached hydrogens (tertiary/aromatic N) is 2. The van der Waals surface area contributed by atoms with Gasteiger partial charge in [-0.1, -0.05) is 62.3 Å². The van der Waals surface area contributed by atoms with Crippen LogP contribution in [0.1, 0.15) is 95.0 Å². The molecule has 48 heavy (non-hydrogen) atoms. The highest BCUT2D eigenvalue weighted by Crippen LogP contribution is 2.35. The van der Waals surface area contributed by atoms with E-state index in [1.54, 1.807) is 7.11 Å². The lowest BCUT2D eigenvalue weighted by molar-refractivity contribution is -0.150. The molecule has 7 nitrogen and oxygen atoms in total. The molecule has 2 aliphatic heterocycles. The quantitative estimate of drug-likeness (QED) is 0.192. The molecule has 1 saturated heterocycles. The lowest BCUT2D eigenvalue weighted by Gasteiger charge is -2.38. The number of ether oxygens (including phenoxy) is 3. The number of piperidine rings is 1. The van der Waals surface area contributed by atoms with Crippen molar-refractivity contribution in [2.45, 2.75) is 106 Å². The molecule has 7 heteroatoms. The number of hydrogen-bond acceptors (Lipinski definition) is 6. The SMILES string of the molecule is CCCC(CC)N1CCc2cc(COc3c(C)cccc3C(/C=C\C=C(/C)N3CCC(C(=O)O)C(OCC)C3)=C(C)C)cc(OC)c2C1. The minimum Gasteiger partial charge on any atom is -0.496 e. The van der Waals surface area contributed by atoms with Crippen LogP contribution in [0.5, 0.6) is 11.5 Å². The Kier molecular flexibility index (Phi) is 13.8. The summed E-state index contributed by atoms with van der Waals surface area (Å²) in [6.07, 6.45) is 11.3. The molecule has 262 valence electrons. The number of likely N-dealkylation sites (tertiary alicyclic amines) is 1. The molecule has 0 saturated carbocycles. The fourth-order valence-electron chi connectivity index (χ4n) is 7.30. The van der Waals surface area contributed by atoms with E-state index >= 15 is 0 Å². The third kappa shape index (κ3) is 9.12. The van der Waals surface area contributed by atoms with Crippen molar-refractivity contribution in [1.82, 2.24) is 9.80 Å². The number of benzene rings is 2. The molecule has 1 N–H and O–H groups in total. The zero-order valence-electron chi connectivity index (χ0n) is 30.6. The lowest BCUT2D eigenvalue weighted by Crippen LogP contribution is -2.47. The van der Waals surface area contributed by atoms with Gasteiger partial charge in [0.1, 0.15) is 18.1 Å². The molecule has 0 spiro atoms. The summed E-state index contributed by atoms with van der Waals surface area (Å²) in [6, 6.07) is 11.4. The van der Waals surface area contributed by atoms with E-state index < -0.39 is 11.9 Å². The minimum absolute atomic E-state index is 0.307. The zero-order chi connectivity index (χ0) is 34.8. The highest BCUT2D eigenvalue weighted by Gasteiger charge is 2.34. The monoisotopic (exact) mass is 658 g/mol. The number of carboxylic acids is 1. The van der Waals surface area contributed by atoms with Gasteiger partial charge < -0.3 is 24.2 Å². The molecular formula is C41H58N2O5. The number of rotatable bonds is 15. The molecule has 0 aromatic heterocycles. The first-order chi connectivity index (χ1) is 23.1. The Morgan fingerprint density at radius 3 is 2.58 bits per heavy atom. The molecule has 4 rings (SSSR count). The molecule has 1 fully saturated rings. The topological polar surface area (TPSA) is 71.5 Å². The van der Waals surface area contributed by atoms with Crippen LogP contribution in [-0.4, -0.2) is 66.4 Å². The highest BCUT2D eigenvalue weighted by atomic mass is 16.5. The van der Waals surface area contributed by atoms with Crippen LogP contribution in [-0.2, 0) is 29.1 Å². The van der Waals surface area contributed by atoms with Gasteiger partial charge in [-0.25, -0.2) is 0 Å². The molecule has 0 amide bonds. The maximum atomic E-state index is 11.7. The standard InChI is InChI=1S/C41H58N2O5/c1-9-14-33(10-2)43-21-19-32-23-31(24-38(46-8)37(32)25-43)27-48-40-29(6)15-12-18-35(40)34(28(4)5)17-13-16-30(7)42-22-20-36(41(44)45)39(26-42)47-11-3/h12-13,15-18,23-24,33,36,39H,9-11,14,19-22,25-27H2,1-8H3,(H,44,45)/b17-13-,30-16+. The summed E-state index contributed by atoms with van der Waals surface area (Å²) in [4.78, 5) is 16.6. The average molecular weight is 659 g/mol. The van der Waals surface area contributed by atoms with Crippen LogP contribution in [0.3, 0.4) is 0 Å². The first-order valence-electron chi connectivity index (χ1n) is 17.9. The Labute approximate surface area is 289 Å². The fraction of sp³-hybridized carbons (Fsp3) is 0.537. The van der Waals surface area contributed by atoms with Crippen molar-refractivity contribution < 1.29 is 24.1 Å². The Hall–Kier alpha value is -3.55. The van der Waals surface area contributed by atoms with Gasteiger partial charge in [0, 0.05) is 55.7 Å². The predicted molar refractivity (Wildman–Crippen MR) is 196 cm³/mol. The maximum Gasteiger partial charge on any atom is 0.309 e. The first kappa shape index (κ1) is 37.3. The summed E-state index contributed by atoms with van der Waals surface area (Å²) in [6.45, 7) is 19.2. The number of para-hydroxylation sites is 1. The van der Waals surface area contributed by atoms with E-state index in [9.17, 15) is 9.90 Å². The number of carboxylic acid groups (broad SMARTS) is 1. The molecule has 2 aromatic rings. The van der Waals surface area contributed by atoms with E-state index in [1.807, 2.05) is 6.92 Å². The average Bonchev–Trinajstić information content (AvgIpc) is 3.07. The van der Waals surface area contributed by atoms with Crippen LogP contribution in [0.25, 0.3) is 5.57 Å². The number of aryl methyl sites for hydroxylation is 1. The number of carbonyl (C=O) groups is 1. The predicted octanol–water partition coefficient (Wildman–Crippen LogP) is 8.58. The summed E-state index contributed by atoms with van der Waals surface area (Å²) < 4.78 is 18.4. The number of allylic oxidation sites excluding steroid dienone is 6. The van der Waals surface area contributed by atoms with Crippen LogP contribution in [0, 0.1) is 12.8 Å². The van der Waals surface area contributed by atoms with Gasteiger partial charge in [-0.15, -0.1) is 0 Å². The van der Waals surface area contributed by atoms with Gasteiger partial charge in [0.15, 0.2) is 0 Å². The van der Waals surface area contributed by atoms with Gasteiger partial charge in [-0.05, 0) is 94.7 Å². The van der Waals surface area contributed by atoms with E-state index in [0.29, 0.717) is 38.8 Å². The smallest absolute Gasteiger partial charge is 0.309 e. The van der Waals surface area contributed by atoms with Gasteiger partial charge in [0.05, 0.1) is 19.1 Å². The Bertz CT molecular complexity index is 1470. The highest BCUT2D eigenvalue weighted by molar-refractivity contribution is 5.80. The molecular weight excluding hydrogens is 600 g/mol. The van der Waals surface area contributed by atoms with Crippen LogP contribution in [0.15, 0.2) is 59.8 Å². The van der Waals surface area contributed by atoms with Crippen LogP contribution < -0.4 is 9.47 Å². The van der Waals surface area contributed by atoms with Gasteiger partial charge >= 0.3 is 5.97 Å². The van der Waals surface area contributed by atoms with Crippen molar-refractivity contribution in [3.8, 4) is 11.5 Å². The van der Waals surface area contributed by atoms with Crippen molar-refractivity contribution in [3.05, 3.63) is 87.6 Å². The van der Waals surface area contributed by atoms with Gasteiger partial charge in [-0.3, -0.25) is 9.69 Å². The number of methoxy groups -OCH3 is 1. The first-order valence-corrected chi connectivity index (χ1v) is 17.9. The molecule has 0 bridgehead atoms. The van der Waals surface area contributed by atoms with E-state index in [1.165, 1.54) is 36.0 Å². The van der Waals surface area contributed by atoms with E-state index in [0.717, 1.165) is 59.0 Å². The maximum absolute atomic E-state index is 11.7. The summed E-state index contributed by atoms with van der Waals surface area (Å²) in [7, 11) is 1.78. The van der Waals surface area contributed by atoms with E-state index in [2.05, 4.69) is 99.9 Å². The number of fused-ring (bicyclic) bond motifs is 1. The molecule has 3 atom stereocenters. The molecule has 2 aliphatic rings. The summed E-state index contributed by atoms with van der Waals surface area (Å²) >= 11 is 0. The molecule has 0 aliphatic carbocycles. The summed E-state index contributed by atoms with van der Waals surface area (Å²) in [5.41, 5.74) is 9.38. The largest absolute Gasteiger partial charge is 0.496 e.